The summed E-state index contributed by atoms with van der Waals surface area (Å²) in [6.07, 6.45) is 2.48. The van der Waals surface area contributed by atoms with Crippen LogP contribution in [0.4, 0.5) is 11.4 Å². The van der Waals surface area contributed by atoms with Gasteiger partial charge in [0.15, 0.2) is 0 Å². The third kappa shape index (κ3) is 4.21. The first-order chi connectivity index (χ1) is 16.0. The van der Waals surface area contributed by atoms with E-state index in [0.29, 0.717) is 27.8 Å². The first kappa shape index (κ1) is 21.9. The average Bonchev–Trinajstić information content (AvgIpc) is 3.34. The molecule has 3 aromatic rings. The van der Waals surface area contributed by atoms with Crippen LogP contribution in [0, 0.1) is 0 Å². The number of nitrogens with one attached hydrogen (secondary N) is 1. The van der Waals surface area contributed by atoms with E-state index in [0.717, 1.165) is 60.6 Å². The Balaban J connectivity index is 1.48. The Morgan fingerprint density at radius 2 is 1.91 bits per heavy atom. The van der Waals surface area contributed by atoms with Crippen LogP contribution in [0.3, 0.4) is 0 Å². The smallest absolute Gasteiger partial charge is 0.310 e. The number of halogens is 1. The van der Waals surface area contributed by atoms with E-state index in [-0.39, 0.29) is 10.8 Å². The van der Waals surface area contributed by atoms with Crippen molar-refractivity contribution in [3.8, 4) is 17.0 Å². The molecule has 2 aliphatic heterocycles. The topological polar surface area (TPSA) is 82.2 Å². The van der Waals surface area contributed by atoms with Gasteiger partial charge in [-0.15, -0.1) is 10.2 Å². The molecule has 2 aromatic carbocycles. The van der Waals surface area contributed by atoms with Gasteiger partial charge in [-0.25, -0.2) is 0 Å². The van der Waals surface area contributed by atoms with Crippen LogP contribution >= 0.6 is 22.9 Å². The normalized spacial score (nSPS) is 16.5. The van der Waals surface area contributed by atoms with E-state index in [1.54, 1.807) is 6.08 Å². The third-order valence-corrected chi connectivity index (χ3v) is 7.12. The van der Waals surface area contributed by atoms with Gasteiger partial charge in [0.2, 0.25) is 5.88 Å². The van der Waals surface area contributed by atoms with Gasteiger partial charge in [0, 0.05) is 49.5 Å². The molecular formula is C24H24ClN5O2S. The van der Waals surface area contributed by atoms with Crippen molar-refractivity contribution in [3.05, 3.63) is 61.5 Å². The number of nitrogens with zero attached hydrogens (tertiary/aromatic N) is 4. The van der Waals surface area contributed by atoms with E-state index in [2.05, 4.69) is 44.7 Å². The second-order valence-electron chi connectivity index (χ2n) is 8.07. The first-order valence-corrected chi connectivity index (χ1v) is 12.2. The Hall–Kier alpha value is -2.94. The number of piperazine rings is 1. The molecule has 0 saturated carbocycles. The van der Waals surface area contributed by atoms with Crippen LogP contribution in [-0.4, -0.2) is 35.9 Å². The molecule has 0 bridgehead atoms. The Morgan fingerprint density at radius 1 is 1.15 bits per heavy atom. The molecule has 1 saturated heterocycles. The van der Waals surface area contributed by atoms with E-state index in [4.69, 9.17) is 11.6 Å². The summed E-state index contributed by atoms with van der Waals surface area (Å²) in [6, 6.07) is 12.2. The Kier molecular flexibility index (Phi) is 6.05. The van der Waals surface area contributed by atoms with Crippen molar-refractivity contribution >= 4 is 46.1 Å². The summed E-state index contributed by atoms with van der Waals surface area (Å²) in [6.45, 7) is 6.42. The predicted octanol–water partition coefficient (Wildman–Crippen LogP) is 5.35. The summed E-state index contributed by atoms with van der Waals surface area (Å²) < 4.78 is 1.39. The lowest BCUT2D eigenvalue weighted by molar-refractivity contribution is 0.411. The molecule has 0 unspecified atom stereocenters. The number of hydrogen-bond donors (Lipinski definition) is 2. The number of hydrogen-bond acceptors (Lipinski definition) is 7. The van der Waals surface area contributed by atoms with Crippen LogP contribution in [0.1, 0.15) is 23.8 Å². The standard InChI is InChI=1S/C24H24ClN5O2S/c1-2-9-30-23(31)22(33-24(30)32)14-21-18-12-17(19(25)13-20(18)27-28-21)15-3-5-16(6-4-15)29-10-7-26-8-11-29/h3-6,12-14,26,31H,2,7-11H2,1H3/b21-14-. The fourth-order valence-electron chi connectivity index (χ4n) is 4.17. The third-order valence-electron chi connectivity index (χ3n) is 5.90. The van der Waals surface area contributed by atoms with Crippen molar-refractivity contribution in [2.45, 2.75) is 19.9 Å². The van der Waals surface area contributed by atoms with Gasteiger partial charge in [0.1, 0.15) is 0 Å². The summed E-state index contributed by atoms with van der Waals surface area (Å²) in [4.78, 5) is 14.9. The van der Waals surface area contributed by atoms with Crippen molar-refractivity contribution in [1.82, 2.24) is 9.88 Å². The molecule has 170 valence electrons. The second-order valence-corrected chi connectivity index (χ2v) is 9.47. The minimum Gasteiger partial charge on any atom is -0.493 e. The predicted molar refractivity (Wildman–Crippen MR) is 135 cm³/mol. The average molecular weight is 482 g/mol. The number of rotatable bonds is 5. The second kappa shape index (κ2) is 9.13. The maximum absolute atomic E-state index is 12.2. The quantitative estimate of drug-likeness (QED) is 0.514. The minimum absolute atomic E-state index is 0.0271. The zero-order valence-electron chi connectivity index (χ0n) is 18.2. The zero-order valence-corrected chi connectivity index (χ0v) is 19.8. The number of azo groups is 1. The minimum atomic E-state index is -0.183. The van der Waals surface area contributed by atoms with Gasteiger partial charge in [-0.05, 0) is 42.3 Å². The molecule has 0 radical (unpaired) electrons. The van der Waals surface area contributed by atoms with E-state index in [1.165, 1.54) is 10.3 Å². The lowest BCUT2D eigenvalue weighted by atomic mass is 10.00. The van der Waals surface area contributed by atoms with Gasteiger partial charge in [-0.1, -0.05) is 42.0 Å². The van der Waals surface area contributed by atoms with Crippen molar-refractivity contribution < 1.29 is 5.11 Å². The van der Waals surface area contributed by atoms with E-state index < -0.39 is 0 Å². The number of anilines is 1. The molecule has 1 aromatic heterocycles. The SMILES string of the molecule is CCCn1c(O)c(/C=C2\N=Nc3cc(Cl)c(-c4ccc(N5CCNCC5)cc4)cc32)sc1=O. The highest BCUT2D eigenvalue weighted by molar-refractivity contribution is 7.10. The molecule has 7 nitrogen and oxygen atoms in total. The monoisotopic (exact) mass is 481 g/mol. The summed E-state index contributed by atoms with van der Waals surface area (Å²) in [5, 5.41) is 23.0. The molecule has 2 aliphatic rings. The molecule has 3 heterocycles. The summed E-state index contributed by atoms with van der Waals surface area (Å²) in [5.74, 6) is -0.0271. The van der Waals surface area contributed by atoms with Gasteiger partial charge >= 0.3 is 4.87 Å². The molecule has 0 aliphatic carbocycles. The fraction of sp³-hybridized carbons (Fsp3) is 0.292. The van der Waals surface area contributed by atoms with Gasteiger partial charge in [0.05, 0.1) is 21.3 Å². The lowest BCUT2D eigenvalue weighted by Crippen LogP contribution is -2.43. The van der Waals surface area contributed by atoms with Crippen LogP contribution in [0.5, 0.6) is 5.88 Å². The number of aromatic nitrogens is 1. The zero-order chi connectivity index (χ0) is 22.9. The summed E-state index contributed by atoms with van der Waals surface area (Å²) >= 11 is 7.61. The highest BCUT2D eigenvalue weighted by atomic mass is 35.5. The van der Waals surface area contributed by atoms with E-state index >= 15 is 0 Å². The van der Waals surface area contributed by atoms with Crippen LogP contribution < -0.4 is 15.1 Å². The lowest BCUT2D eigenvalue weighted by Gasteiger charge is -2.29. The molecule has 2 N–H and O–H groups in total. The van der Waals surface area contributed by atoms with Crippen molar-refractivity contribution in [2.24, 2.45) is 10.2 Å². The van der Waals surface area contributed by atoms with Gasteiger partial charge in [0.25, 0.3) is 0 Å². The number of fused-ring (bicyclic) bond motifs is 1. The van der Waals surface area contributed by atoms with Crippen LogP contribution in [0.25, 0.3) is 22.9 Å². The van der Waals surface area contributed by atoms with Crippen molar-refractivity contribution in [2.75, 3.05) is 31.1 Å². The van der Waals surface area contributed by atoms with Crippen LogP contribution in [0.2, 0.25) is 5.02 Å². The summed E-state index contributed by atoms with van der Waals surface area (Å²) in [7, 11) is 0. The fourth-order valence-corrected chi connectivity index (χ4v) is 5.28. The number of thiazole rings is 1. The number of benzene rings is 2. The van der Waals surface area contributed by atoms with Gasteiger partial charge in [-0.2, -0.15) is 0 Å². The maximum atomic E-state index is 12.2. The van der Waals surface area contributed by atoms with Crippen LogP contribution in [-0.2, 0) is 6.54 Å². The van der Waals surface area contributed by atoms with E-state index in [1.807, 2.05) is 19.1 Å². The first-order valence-electron chi connectivity index (χ1n) is 11.0. The Morgan fingerprint density at radius 3 is 2.64 bits per heavy atom. The molecular weight excluding hydrogens is 458 g/mol. The highest BCUT2D eigenvalue weighted by Crippen LogP contribution is 2.43. The van der Waals surface area contributed by atoms with Gasteiger partial charge < -0.3 is 15.3 Å². The summed E-state index contributed by atoms with van der Waals surface area (Å²) in [5.41, 5.74) is 5.19. The molecule has 0 atom stereocenters. The van der Waals surface area contributed by atoms with Crippen LogP contribution in [0.15, 0.2) is 51.4 Å². The molecule has 1 fully saturated rings. The van der Waals surface area contributed by atoms with Crippen molar-refractivity contribution in [1.29, 1.82) is 0 Å². The van der Waals surface area contributed by atoms with E-state index in [9.17, 15) is 9.90 Å². The number of aromatic hydroxyl groups is 1. The molecule has 5 rings (SSSR count). The van der Waals surface area contributed by atoms with Crippen molar-refractivity contribution in [3.63, 3.8) is 0 Å². The molecule has 0 amide bonds. The van der Waals surface area contributed by atoms with Gasteiger partial charge in [-0.3, -0.25) is 9.36 Å². The molecule has 0 spiro atoms. The highest BCUT2D eigenvalue weighted by Gasteiger charge is 2.20. The Bertz CT molecular complexity index is 1300. The molecule has 9 heteroatoms. The maximum Gasteiger partial charge on any atom is 0.310 e. The largest absolute Gasteiger partial charge is 0.493 e. The molecule has 33 heavy (non-hydrogen) atoms. The Labute approximate surface area is 200 Å².